The number of nitrogens with zero attached hydrogens (tertiary/aromatic N) is 1. The number of hydrogen-bond acceptors (Lipinski definition) is 4. The summed E-state index contributed by atoms with van der Waals surface area (Å²) >= 11 is 3.59. The van der Waals surface area contributed by atoms with Gasteiger partial charge in [-0.2, -0.15) is 0 Å². The molecule has 1 saturated carbocycles. The first-order chi connectivity index (χ1) is 12.5. The summed E-state index contributed by atoms with van der Waals surface area (Å²) < 4.78 is 6.57. The Morgan fingerprint density at radius 1 is 1.35 bits per heavy atom. The molecule has 1 aliphatic heterocycles. The van der Waals surface area contributed by atoms with Gasteiger partial charge in [-0.1, -0.05) is 28.1 Å². The molecule has 0 bridgehead atoms. The van der Waals surface area contributed by atoms with E-state index in [4.69, 9.17) is 15.5 Å². The van der Waals surface area contributed by atoms with Crippen molar-refractivity contribution in [2.45, 2.75) is 57.1 Å². The van der Waals surface area contributed by atoms with Gasteiger partial charge in [-0.3, -0.25) is 9.79 Å². The lowest BCUT2D eigenvalue weighted by Crippen LogP contribution is -2.53. The van der Waals surface area contributed by atoms with Crippen LogP contribution in [0.2, 0.25) is 0 Å². The van der Waals surface area contributed by atoms with Gasteiger partial charge in [0.05, 0.1) is 11.9 Å². The predicted molar refractivity (Wildman–Crippen MR) is 106 cm³/mol. The van der Waals surface area contributed by atoms with Gasteiger partial charge in [-0.05, 0) is 62.3 Å². The van der Waals surface area contributed by atoms with Gasteiger partial charge >= 0.3 is 0 Å². The monoisotopic (exact) mass is 416 g/mol. The fourth-order valence-corrected chi connectivity index (χ4v) is 5.69. The number of carbonyl (C=O) groups excluding carboxylic acids is 1. The summed E-state index contributed by atoms with van der Waals surface area (Å²) in [5.41, 5.74) is 8.25. The molecule has 0 amide bonds. The highest BCUT2D eigenvalue weighted by molar-refractivity contribution is 9.10. The number of hydrogen-bond donors (Lipinski definition) is 1. The molecule has 1 unspecified atom stereocenters. The van der Waals surface area contributed by atoms with Crippen LogP contribution in [0.1, 0.15) is 50.2 Å². The summed E-state index contributed by atoms with van der Waals surface area (Å²) in [6, 6.07) is 6.28. The standard InChI is InChI=1S/C21H25BrN2O2/c1-3-13-10-18(23)24-21(19(13)25)17-11-15(22)5-4-14(17)12-20(21)8-6-16(26-2)7-9-20/h3-5,11,16H,6-10,12H2,1-2H3,(H2,23,24)/b13-3-. The molecule has 4 nitrogen and oxygen atoms in total. The van der Waals surface area contributed by atoms with Gasteiger partial charge < -0.3 is 10.5 Å². The minimum absolute atomic E-state index is 0.141. The van der Waals surface area contributed by atoms with Crippen LogP contribution >= 0.6 is 15.9 Å². The molecule has 4 rings (SSSR count). The van der Waals surface area contributed by atoms with Crippen LogP contribution in [0.3, 0.4) is 0 Å². The maximum Gasteiger partial charge on any atom is 0.191 e. The van der Waals surface area contributed by atoms with E-state index in [0.29, 0.717) is 12.3 Å². The van der Waals surface area contributed by atoms with Crippen molar-refractivity contribution >= 4 is 27.5 Å². The van der Waals surface area contributed by atoms with Crippen molar-refractivity contribution in [3.8, 4) is 0 Å². The highest BCUT2D eigenvalue weighted by Crippen LogP contribution is 2.62. The minimum atomic E-state index is -0.880. The van der Waals surface area contributed by atoms with Crippen molar-refractivity contribution in [2.75, 3.05) is 7.11 Å². The summed E-state index contributed by atoms with van der Waals surface area (Å²) in [6.07, 6.45) is 7.30. The lowest BCUT2D eigenvalue weighted by molar-refractivity contribution is -0.128. The van der Waals surface area contributed by atoms with Crippen molar-refractivity contribution in [1.82, 2.24) is 0 Å². The van der Waals surface area contributed by atoms with E-state index in [0.717, 1.165) is 47.7 Å². The second-order valence-corrected chi connectivity index (χ2v) is 8.74. The number of Topliss-reactive ketones (excluding diaryl/α,β-unsaturated/α-hetero) is 1. The van der Waals surface area contributed by atoms with E-state index in [-0.39, 0.29) is 17.3 Å². The van der Waals surface area contributed by atoms with E-state index >= 15 is 0 Å². The van der Waals surface area contributed by atoms with E-state index in [2.05, 4.69) is 34.1 Å². The quantitative estimate of drug-likeness (QED) is 0.702. The van der Waals surface area contributed by atoms with Gasteiger partial charge in [0.25, 0.3) is 0 Å². The van der Waals surface area contributed by atoms with Crippen LogP contribution in [0.4, 0.5) is 0 Å². The first-order valence-electron chi connectivity index (χ1n) is 9.31. The zero-order valence-corrected chi connectivity index (χ0v) is 16.9. The third kappa shape index (κ3) is 2.36. The maximum absolute atomic E-state index is 13.7. The van der Waals surface area contributed by atoms with Crippen LogP contribution in [0.25, 0.3) is 0 Å². The zero-order chi connectivity index (χ0) is 18.5. The number of amidine groups is 1. The average Bonchev–Trinajstić information content (AvgIpc) is 2.89. The second kappa shape index (κ2) is 6.31. The molecule has 1 fully saturated rings. The van der Waals surface area contributed by atoms with Crippen molar-refractivity contribution in [3.63, 3.8) is 0 Å². The van der Waals surface area contributed by atoms with Gasteiger partial charge in [-0.15, -0.1) is 0 Å². The van der Waals surface area contributed by atoms with Gasteiger partial charge in [0.15, 0.2) is 11.3 Å². The number of ether oxygens (including phenoxy) is 1. The van der Waals surface area contributed by atoms with Crippen molar-refractivity contribution < 1.29 is 9.53 Å². The van der Waals surface area contributed by atoms with Gasteiger partial charge in [0.1, 0.15) is 0 Å². The molecule has 0 saturated heterocycles. The Bertz CT molecular complexity index is 821. The van der Waals surface area contributed by atoms with Crippen molar-refractivity contribution in [3.05, 3.63) is 45.4 Å². The Kier molecular flexibility index (Phi) is 4.35. The Balaban J connectivity index is 1.94. The Morgan fingerprint density at radius 2 is 2.08 bits per heavy atom. The van der Waals surface area contributed by atoms with Gasteiger partial charge in [-0.25, -0.2) is 0 Å². The maximum atomic E-state index is 13.7. The summed E-state index contributed by atoms with van der Waals surface area (Å²) in [6.45, 7) is 1.92. The fourth-order valence-electron chi connectivity index (χ4n) is 5.32. The number of nitrogens with two attached hydrogens (primary N) is 1. The Morgan fingerprint density at radius 3 is 2.73 bits per heavy atom. The average molecular weight is 417 g/mol. The molecular weight excluding hydrogens is 392 g/mol. The van der Waals surface area contributed by atoms with E-state index in [9.17, 15) is 4.79 Å². The number of rotatable bonds is 1. The largest absolute Gasteiger partial charge is 0.387 e. The molecule has 0 aromatic heterocycles. The molecule has 138 valence electrons. The van der Waals surface area contributed by atoms with E-state index < -0.39 is 5.54 Å². The highest BCUT2D eigenvalue weighted by Gasteiger charge is 2.64. The minimum Gasteiger partial charge on any atom is -0.387 e. The summed E-state index contributed by atoms with van der Waals surface area (Å²) in [4.78, 5) is 18.7. The SMILES string of the molecule is C/C=C1/CC(N)=NC2(C1=O)c1cc(Br)ccc1CC21CCC(OC)CC1. The molecule has 5 heteroatoms. The number of carbonyl (C=O) groups is 1. The molecule has 0 radical (unpaired) electrons. The third-order valence-corrected chi connectivity index (χ3v) is 7.13. The lowest BCUT2D eigenvalue weighted by Gasteiger charge is -2.48. The third-order valence-electron chi connectivity index (χ3n) is 6.63. The van der Waals surface area contributed by atoms with Crippen LogP contribution in [0, 0.1) is 5.41 Å². The highest BCUT2D eigenvalue weighted by atomic mass is 79.9. The molecule has 3 aliphatic rings. The van der Waals surface area contributed by atoms with Crippen molar-refractivity contribution in [1.29, 1.82) is 0 Å². The van der Waals surface area contributed by atoms with Crippen LogP contribution in [0.15, 0.2) is 39.3 Å². The molecule has 2 spiro atoms. The molecule has 26 heavy (non-hydrogen) atoms. The molecule has 2 N–H and O–H groups in total. The van der Waals surface area contributed by atoms with Crippen LogP contribution in [-0.4, -0.2) is 24.8 Å². The number of methoxy groups -OCH3 is 1. The first kappa shape index (κ1) is 17.9. The van der Waals surface area contributed by atoms with Gasteiger partial charge in [0.2, 0.25) is 0 Å². The normalized spacial score (nSPS) is 35.2. The number of benzene rings is 1. The van der Waals surface area contributed by atoms with E-state index in [1.54, 1.807) is 7.11 Å². The fraction of sp³-hybridized carbons (Fsp3) is 0.524. The number of fused-ring (bicyclic) bond motifs is 3. The summed E-state index contributed by atoms with van der Waals surface area (Å²) in [7, 11) is 1.78. The lowest BCUT2D eigenvalue weighted by atomic mass is 9.58. The predicted octanol–water partition coefficient (Wildman–Crippen LogP) is 4.05. The molecule has 1 atom stereocenters. The smallest absolute Gasteiger partial charge is 0.191 e. The Hall–Kier alpha value is -1.46. The summed E-state index contributed by atoms with van der Waals surface area (Å²) in [5, 5.41) is 0. The number of halogens is 1. The molecule has 1 aromatic carbocycles. The number of aliphatic imine (C=N–C) groups is 1. The topological polar surface area (TPSA) is 64.7 Å². The van der Waals surface area contributed by atoms with Crippen molar-refractivity contribution in [2.24, 2.45) is 16.1 Å². The zero-order valence-electron chi connectivity index (χ0n) is 15.3. The number of allylic oxidation sites excluding steroid dienone is 1. The molecule has 1 aromatic rings. The van der Waals surface area contributed by atoms with Gasteiger partial charge in [0, 0.05) is 29.0 Å². The second-order valence-electron chi connectivity index (χ2n) is 7.83. The first-order valence-corrected chi connectivity index (χ1v) is 10.1. The van der Waals surface area contributed by atoms with E-state index in [1.807, 2.05) is 13.0 Å². The van der Waals surface area contributed by atoms with Crippen LogP contribution in [0.5, 0.6) is 0 Å². The van der Waals surface area contributed by atoms with Crippen LogP contribution in [-0.2, 0) is 21.5 Å². The Labute approximate surface area is 163 Å². The molecule has 2 aliphatic carbocycles. The molecular formula is C21H25BrN2O2. The molecule has 1 heterocycles. The number of ketones is 1. The van der Waals surface area contributed by atoms with Crippen LogP contribution < -0.4 is 5.73 Å². The summed E-state index contributed by atoms with van der Waals surface area (Å²) in [5.74, 6) is 0.709. The van der Waals surface area contributed by atoms with E-state index in [1.165, 1.54) is 5.56 Å².